The third-order valence-corrected chi connectivity index (χ3v) is 8.22. The van der Waals surface area contributed by atoms with Gasteiger partial charge in [0, 0.05) is 47.0 Å². The third kappa shape index (κ3) is 7.33. The average molecular weight is 660 g/mol. The largest absolute Gasteiger partial charge is 0.493 e. The fourth-order valence-corrected chi connectivity index (χ4v) is 5.52. The van der Waals surface area contributed by atoms with Crippen LogP contribution < -0.4 is 18.9 Å². The van der Waals surface area contributed by atoms with Gasteiger partial charge in [0.1, 0.15) is 5.69 Å². The van der Waals surface area contributed by atoms with Crippen LogP contribution >= 0.6 is 11.3 Å². The van der Waals surface area contributed by atoms with Gasteiger partial charge in [-0.05, 0) is 37.4 Å². The van der Waals surface area contributed by atoms with Crippen molar-refractivity contribution in [3.8, 4) is 23.0 Å². The number of hydrogen-bond donors (Lipinski definition) is 2. The van der Waals surface area contributed by atoms with Crippen molar-refractivity contribution in [2.24, 2.45) is 5.41 Å². The van der Waals surface area contributed by atoms with Crippen molar-refractivity contribution in [3.63, 3.8) is 0 Å². The Bertz CT molecular complexity index is 1840. The number of ether oxygens (including phenoxy) is 4. The van der Waals surface area contributed by atoms with E-state index in [1.807, 2.05) is 0 Å². The smallest absolute Gasteiger partial charge is 0.309 e. The third-order valence-electron chi connectivity index (χ3n) is 7.09. The minimum atomic E-state index is -1.29. The lowest BCUT2D eigenvalue weighted by atomic mass is 9.87. The molecule has 244 valence electrons. The molecule has 0 atom stereocenters. The van der Waals surface area contributed by atoms with Gasteiger partial charge in [0.2, 0.25) is 0 Å². The van der Waals surface area contributed by atoms with Gasteiger partial charge in [-0.25, -0.2) is 8.78 Å². The first-order chi connectivity index (χ1) is 21.8. The van der Waals surface area contributed by atoms with Gasteiger partial charge >= 0.3 is 11.9 Å². The lowest BCUT2D eigenvalue weighted by Crippen LogP contribution is -2.26. The first-order valence-corrected chi connectivity index (χ1v) is 14.8. The van der Waals surface area contributed by atoms with E-state index in [-0.39, 0.29) is 83.2 Å². The Hall–Kier alpha value is -4.85. The van der Waals surface area contributed by atoms with Crippen molar-refractivity contribution in [1.29, 1.82) is 0 Å². The molecule has 14 heteroatoms. The summed E-state index contributed by atoms with van der Waals surface area (Å²) < 4.78 is 53.3. The SMILES string of the molecule is COc1cc2cc(C(=O)CCC(=O)O)ncc2c(F)c1OCCCOc1c(OC)cc2sc(C(=O)CC(C)(C)C(=O)O)cc2c1F. The monoisotopic (exact) mass is 659 g/mol. The summed E-state index contributed by atoms with van der Waals surface area (Å²) in [5, 5.41) is 18.6. The van der Waals surface area contributed by atoms with Gasteiger partial charge in [-0.15, -0.1) is 11.3 Å². The molecule has 0 bridgehead atoms. The molecule has 0 aliphatic rings. The molecule has 0 fully saturated rings. The number of carbonyl (C=O) groups excluding carboxylic acids is 2. The zero-order valence-electron chi connectivity index (χ0n) is 25.4. The van der Waals surface area contributed by atoms with E-state index >= 15 is 8.78 Å². The minimum Gasteiger partial charge on any atom is -0.493 e. The lowest BCUT2D eigenvalue weighted by molar-refractivity contribution is -0.146. The van der Waals surface area contributed by atoms with Crippen molar-refractivity contribution in [2.45, 2.75) is 39.5 Å². The molecule has 0 aliphatic heterocycles. The molecule has 0 spiro atoms. The molecule has 4 aromatic rings. The molecule has 0 amide bonds. The van der Waals surface area contributed by atoms with Crippen molar-refractivity contribution >= 4 is 55.7 Å². The van der Waals surface area contributed by atoms with E-state index in [0.29, 0.717) is 10.1 Å². The van der Waals surface area contributed by atoms with Crippen LogP contribution in [0.15, 0.2) is 30.5 Å². The Labute approximate surface area is 265 Å². The average Bonchev–Trinajstić information content (AvgIpc) is 3.45. The van der Waals surface area contributed by atoms with E-state index < -0.39 is 40.6 Å². The molecule has 0 saturated heterocycles. The number of benzene rings is 2. The topological polar surface area (TPSA) is 159 Å². The molecule has 11 nitrogen and oxygen atoms in total. The summed E-state index contributed by atoms with van der Waals surface area (Å²) in [5.74, 6) is -4.94. The number of methoxy groups -OCH3 is 2. The fourth-order valence-electron chi connectivity index (χ4n) is 4.49. The van der Waals surface area contributed by atoms with Crippen LogP contribution in [0.1, 0.15) is 59.7 Å². The van der Waals surface area contributed by atoms with Crippen LogP contribution in [0.3, 0.4) is 0 Å². The van der Waals surface area contributed by atoms with Gasteiger partial charge in [-0.3, -0.25) is 24.2 Å². The first kappa shape index (κ1) is 34.0. The summed E-state index contributed by atoms with van der Waals surface area (Å²) in [7, 11) is 2.66. The normalized spacial score (nSPS) is 11.4. The van der Waals surface area contributed by atoms with Crippen molar-refractivity contribution in [1.82, 2.24) is 4.98 Å². The van der Waals surface area contributed by atoms with E-state index in [4.69, 9.17) is 24.1 Å². The molecule has 4 rings (SSSR count). The Balaban J connectivity index is 1.44. The van der Waals surface area contributed by atoms with Crippen LogP contribution in [0.4, 0.5) is 8.78 Å². The predicted molar refractivity (Wildman–Crippen MR) is 164 cm³/mol. The molecule has 2 heterocycles. The number of fused-ring (bicyclic) bond motifs is 2. The summed E-state index contributed by atoms with van der Waals surface area (Å²) in [5.41, 5.74) is -1.29. The summed E-state index contributed by atoms with van der Waals surface area (Å²) in [6, 6.07) is 5.72. The van der Waals surface area contributed by atoms with E-state index in [0.717, 1.165) is 17.5 Å². The number of carboxylic acid groups (broad SMARTS) is 2. The van der Waals surface area contributed by atoms with Crippen LogP contribution in [-0.4, -0.2) is 66.1 Å². The maximum Gasteiger partial charge on any atom is 0.309 e. The van der Waals surface area contributed by atoms with Crippen LogP contribution in [0.5, 0.6) is 23.0 Å². The second-order valence-corrected chi connectivity index (χ2v) is 12.0. The van der Waals surface area contributed by atoms with Crippen LogP contribution in [0.25, 0.3) is 20.9 Å². The van der Waals surface area contributed by atoms with Crippen molar-refractivity contribution in [2.75, 3.05) is 27.4 Å². The summed E-state index contributed by atoms with van der Waals surface area (Å²) >= 11 is 1.02. The molecule has 46 heavy (non-hydrogen) atoms. The number of aliphatic carboxylic acids is 2. The summed E-state index contributed by atoms with van der Waals surface area (Å²) in [6.07, 6.45) is 0.489. The number of halogens is 2. The number of hydrogen-bond acceptors (Lipinski definition) is 10. The Morgan fingerprint density at radius 2 is 1.46 bits per heavy atom. The van der Waals surface area contributed by atoms with Crippen LogP contribution in [0.2, 0.25) is 0 Å². The van der Waals surface area contributed by atoms with E-state index in [1.54, 1.807) is 0 Å². The van der Waals surface area contributed by atoms with E-state index in [2.05, 4.69) is 4.98 Å². The van der Waals surface area contributed by atoms with Crippen LogP contribution in [0, 0.1) is 17.0 Å². The maximum absolute atomic E-state index is 15.5. The highest BCUT2D eigenvalue weighted by atomic mass is 32.1. The molecule has 0 saturated carbocycles. The molecular weight excluding hydrogens is 628 g/mol. The molecule has 2 aromatic heterocycles. The zero-order valence-corrected chi connectivity index (χ0v) is 26.2. The number of pyridine rings is 1. The quantitative estimate of drug-likeness (QED) is 0.102. The summed E-state index contributed by atoms with van der Waals surface area (Å²) in [6.45, 7) is 2.77. The molecular formula is C32H31F2NO10S. The van der Waals surface area contributed by atoms with Crippen LogP contribution in [-0.2, 0) is 9.59 Å². The van der Waals surface area contributed by atoms with Gasteiger partial charge in [0.25, 0.3) is 0 Å². The van der Waals surface area contributed by atoms with Gasteiger partial charge in [-0.1, -0.05) is 0 Å². The maximum atomic E-state index is 15.5. The number of thiophene rings is 1. The minimum absolute atomic E-state index is 0.00530. The summed E-state index contributed by atoms with van der Waals surface area (Å²) in [4.78, 5) is 51.4. The van der Waals surface area contributed by atoms with Gasteiger partial charge in [0.15, 0.2) is 46.2 Å². The molecule has 2 aromatic carbocycles. The number of ketones is 2. The van der Waals surface area contributed by atoms with E-state index in [9.17, 15) is 24.3 Å². The first-order valence-electron chi connectivity index (χ1n) is 14.0. The molecule has 0 radical (unpaired) electrons. The number of rotatable bonds is 16. The highest BCUT2D eigenvalue weighted by Crippen LogP contribution is 2.41. The second-order valence-electron chi connectivity index (χ2n) is 10.9. The Morgan fingerprint density at radius 3 is 2.04 bits per heavy atom. The second kappa shape index (κ2) is 14.1. The van der Waals surface area contributed by atoms with Gasteiger partial charge < -0.3 is 29.2 Å². The van der Waals surface area contributed by atoms with Gasteiger partial charge in [0.05, 0.1) is 44.1 Å². The zero-order chi connectivity index (χ0) is 33.8. The Morgan fingerprint density at radius 1 is 0.848 bits per heavy atom. The molecule has 0 unspecified atom stereocenters. The number of Topliss-reactive ketones (excluding diaryl/α,β-unsaturated/α-hetero) is 2. The number of carboxylic acids is 2. The number of carbonyl (C=O) groups is 4. The van der Waals surface area contributed by atoms with Gasteiger partial charge in [-0.2, -0.15) is 0 Å². The highest BCUT2D eigenvalue weighted by molar-refractivity contribution is 7.20. The number of nitrogens with zero attached hydrogens (tertiary/aromatic N) is 1. The van der Waals surface area contributed by atoms with Crippen molar-refractivity contribution < 1.29 is 57.1 Å². The van der Waals surface area contributed by atoms with E-state index in [1.165, 1.54) is 52.3 Å². The fraction of sp³-hybridized carbons (Fsp3) is 0.344. The Kier molecular flexibility index (Phi) is 10.4. The lowest BCUT2D eigenvalue weighted by Gasteiger charge is -2.16. The predicted octanol–water partition coefficient (Wildman–Crippen LogP) is 6.32. The number of aromatic nitrogens is 1. The molecule has 2 N–H and O–H groups in total. The van der Waals surface area contributed by atoms with Crippen molar-refractivity contribution in [3.05, 3.63) is 52.7 Å². The highest BCUT2D eigenvalue weighted by Gasteiger charge is 2.31. The molecule has 0 aliphatic carbocycles. The standard InChI is InChI=1S/C32H31F2NO10S/c1-32(2,31(40)41)14-21(37)25-12-17-24(46-25)13-23(43-4)30(27(17)33)45-9-5-8-44-29-22(42-3)11-16-10-19(20(36)6-7-26(38)39)35-15-18(16)28(29)34/h10-13,15H,5-9,14H2,1-4H3,(H,38,39)(H,40,41).